The fourth-order valence-electron chi connectivity index (χ4n) is 3.10. The van der Waals surface area contributed by atoms with E-state index in [1.807, 2.05) is 42.6 Å². The van der Waals surface area contributed by atoms with Gasteiger partial charge in [-0.15, -0.1) is 0 Å². The first kappa shape index (κ1) is 21.7. The van der Waals surface area contributed by atoms with E-state index in [1.54, 1.807) is 6.20 Å². The Bertz CT molecular complexity index is 860. The molecule has 7 heteroatoms. The summed E-state index contributed by atoms with van der Waals surface area (Å²) in [6.45, 7) is 10.4. The minimum Gasteiger partial charge on any atom is -0.354 e. The third kappa shape index (κ3) is 6.50. The van der Waals surface area contributed by atoms with Crippen molar-refractivity contribution in [1.82, 2.24) is 25.6 Å². The van der Waals surface area contributed by atoms with Crippen LogP contribution in [0.25, 0.3) is 11.3 Å². The monoisotopic (exact) mass is 405 g/mol. The molecular formula is C23H31N7. The summed E-state index contributed by atoms with van der Waals surface area (Å²) in [4.78, 5) is 15.8. The van der Waals surface area contributed by atoms with E-state index in [0.717, 1.165) is 62.0 Å². The Kier molecular flexibility index (Phi) is 8.56. The van der Waals surface area contributed by atoms with Crippen LogP contribution < -0.4 is 20.9 Å². The standard InChI is InChI=1S/C19H20N6.C4H11N/c1-2-4-16(5-3-1)23-19-21-9-8-17(24-19)15-6-7-18(22-14-15)25-12-10-20-11-13-25;1-3-5-4-2/h1-9,14,20H,10-13H2,(H,21,23,24);5H,3-4H2,1-2H3. The van der Waals surface area contributed by atoms with E-state index < -0.39 is 0 Å². The normalized spacial score (nSPS) is 13.3. The molecule has 0 amide bonds. The number of hydrogen-bond donors (Lipinski definition) is 3. The Labute approximate surface area is 179 Å². The Morgan fingerprint density at radius 1 is 0.933 bits per heavy atom. The second kappa shape index (κ2) is 11.8. The maximum atomic E-state index is 4.61. The maximum absolute atomic E-state index is 4.61. The zero-order valence-corrected chi connectivity index (χ0v) is 17.8. The summed E-state index contributed by atoms with van der Waals surface area (Å²) in [6, 6.07) is 15.9. The number of anilines is 3. The van der Waals surface area contributed by atoms with Gasteiger partial charge in [0.15, 0.2) is 0 Å². The fraction of sp³-hybridized carbons (Fsp3) is 0.348. The van der Waals surface area contributed by atoms with Gasteiger partial charge in [0.05, 0.1) is 5.69 Å². The maximum Gasteiger partial charge on any atom is 0.227 e. The van der Waals surface area contributed by atoms with Gasteiger partial charge in [-0.1, -0.05) is 32.0 Å². The van der Waals surface area contributed by atoms with Crippen LogP contribution in [0, 0.1) is 0 Å². The Morgan fingerprint density at radius 3 is 2.33 bits per heavy atom. The van der Waals surface area contributed by atoms with Crippen LogP contribution in [0.3, 0.4) is 0 Å². The highest BCUT2D eigenvalue weighted by molar-refractivity contribution is 5.62. The van der Waals surface area contributed by atoms with E-state index in [1.165, 1.54) is 0 Å². The number of nitrogens with one attached hydrogen (secondary N) is 3. The highest BCUT2D eigenvalue weighted by Gasteiger charge is 2.12. The molecule has 158 valence electrons. The zero-order chi connectivity index (χ0) is 21.0. The summed E-state index contributed by atoms with van der Waals surface area (Å²) in [6.07, 6.45) is 3.64. The van der Waals surface area contributed by atoms with Gasteiger partial charge in [0.1, 0.15) is 5.82 Å². The molecule has 4 rings (SSSR count). The van der Waals surface area contributed by atoms with Crippen molar-refractivity contribution >= 4 is 17.5 Å². The van der Waals surface area contributed by atoms with Gasteiger partial charge in [-0.3, -0.25) is 0 Å². The number of pyridine rings is 1. The average Bonchev–Trinajstić information content (AvgIpc) is 2.82. The van der Waals surface area contributed by atoms with Gasteiger partial charge in [0, 0.05) is 49.8 Å². The lowest BCUT2D eigenvalue weighted by molar-refractivity contribution is 0.585. The molecule has 0 aliphatic carbocycles. The van der Waals surface area contributed by atoms with E-state index in [-0.39, 0.29) is 0 Å². The van der Waals surface area contributed by atoms with Crippen LogP contribution in [0.15, 0.2) is 60.9 Å². The number of piperazine rings is 1. The first-order valence-corrected chi connectivity index (χ1v) is 10.6. The highest BCUT2D eigenvalue weighted by Crippen LogP contribution is 2.21. The van der Waals surface area contributed by atoms with E-state index in [9.17, 15) is 0 Å². The van der Waals surface area contributed by atoms with Crippen LogP contribution in [0.4, 0.5) is 17.5 Å². The summed E-state index contributed by atoms with van der Waals surface area (Å²) in [7, 11) is 0. The van der Waals surface area contributed by atoms with Crippen molar-refractivity contribution in [2.24, 2.45) is 0 Å². The fourth-order valence-corrected chi connectivity index (χ4v) is 3.10. The van der Waals surface area contributed by atoms with Crippen molar-refractivity contribution in [1.29, 1.82) is 0 Å². The average molecular weight is 406 g/mol. The number of hydrogen-bond acceptors (Lipinski definition) is 7. The van der Waals surface area contributed by atoms with Gasteiger partial charge in [-0.2, -0.15) is 0 Å². The molecule has 3 aromatic rings. The van der Waals surface area contributed by atoms with Gasteiger partial charge < -0.3 is 20.9 Å². The van der Waals surface area contributed by atoms with E-state index in [2.05, 4.69) is 61.8 Å². The molecule has 30 heavy (non-hydrogen) atoms. The summed E-state index contributed by atoms with van der Waals surface area (Å²) in [5.74, 6) is 1.59. The Morgan fingerprint density at radius 2 is 1.70 bits per heavy atom. The molecule has 0 bridgehead atoms. The molecule has 3 heterocycles. The van der Waals surface area contributed by atoms with Crippen LogP contribution in [-0.4, -0.2) is 54.2 Å². The van der Waals surface area contributed by atoms with Gasteiger partial charge in [-0.25, -0.2) is 15.0 Å². The van der Waals surface area contributed by atoms with Crippen LogP contribution >= 0.6 is 0 Å². The van der Waals surface area contributed by atoms with E-state index in [0.29, 0.717) is 5.95 Å². The molecule has 0 atom stereocenters. The molecule has 2 aromatic heterocycles. The topological polar surface area (TPSA) is 78.0 Å². The lowest BCUT2D eigenvalue weighted by Crippen LogP contribution is -2.43. The quantitative estimate of drug-likeness (QED) is 0.581. The second-order valence-electron chi connectivity index (χ2n) is 6.86. The van der Waals surface area contributed by atoms with Crippen molar-refractivity contribution in [3.8, 4) is 11.3 Å². The lowest BCUT2D eigenvalue weighted by Gasteiger charge is -2.28. The molecule has 0 spiro atoms. The molecule has 0 radical (unpaired) electrons. The Balaban J connectivity index is 0.000000461. The third-order valence-corrected chi connectivity index (χ3v) is 4.67. The molecule has 1 aliphatic rings. The van der Waals surface area contributed by atoms with Crippen LogP contribution in [-0.2, 0) is 0 Å². The number of para-hydroxylation sites is 1. The van der Waals surface area contributed by atoms with Crippen molar-refractivity contribution < 1.29 is 0 Å². The third-order valence-electron chi connectivity index (χ3n) is 4.67. The predicted molar refractivity (Wildman–Crippen MR) is 124 cm³/mol. The molecule has 7 nitrogen and oxygen atoms in total. The van der Waals surface area contributed by atoms with Crippen molar-refractivity contribution in [3.05, 3.63) is 60.9 Å². The minimum absolute atomic E-state index is 0.579. The molecule has 1 fully saturated rings. The number of aromatic nitrogens is 3. The van der Waals surface area contributed by atoms with Crippen LogP contribution in [0.2, 0.25) is 0 Å². The SMILES string of the molecule is CCNCC.c1ccc(Nc2nccc(-c3ccc(N4CCNCC4)nc3)n2)cc1. The van der Waals surface area contributed by atoms with E-state index >= 15 is 0 Å². The molecule has 0 unspecified atom stereocenters. The molecule has 0 saturated carbocycles. The molecule has 3 N–H and O–H groups in total. The van der Waals surface area contributed by atoms with Crippen LogP contribution in [0.5, 0.6) is 0 Å². The molecule has 1 aromatic carbocycles. The van der Waals surface area contributed by atoms with Gasteiger partial charge >= 0.3 is 0 Å². The van der Waals surface area contributed by atoms with Crippen LogP contribution in [0.1, 0.15) is 13.8 Å². The summed E-state index contributed by atoms with van der Waals surface area (Å²) >= 11 is 0. The summed E-state index contributed by atoms with van der Waals surface area (Å²) < 4.78 is 0. The minimum atomic E-state index is 0.579. The first-order valence-electron chi connectivity index (χ1n) is 10.6. The van der Waals surface area contributed by atoms with Gasteiger partial charge in [0.25, 0.3) is 0 Å². The number of benzene rings is 1. The number of rotatable bonds is 6. The van der Waals surface area contributed by atoms with E-state index in [4.69, 9.17) is 0 Å². The molecular weight excluding hydrogens is 374 g/mol. The smallest absolute Gasteiger partial charge is 0.227 e. The predicted octanol–water partition coefficient (Wildman–Crippen LogP) is 3.31. The largest absolute Gasteiger partial charge is 0.354 e. The Hall–Kier alpha value is -3.03. The van der Waals surface area contributed by atoms with Crippen molar-refractivity contribution in [3.63, 3.8) is 0 Å². The second-order valence-corrected chi connectivity index (χ2v) is 6.86. The molecule has 1 aliphatic heterocycles. The number of nitrogens with zero attached hydrogens (tertiary/aromatic N) is 4. The van der Waals surface area contributed by atoms with Crippen molar-refractivity contribution in [2.45, 2.75) is 13.8 Å². The first-order chi connectivity index (χ1) is 14.8. The van der Waals surface area contributed by atoms with Gasteiger partial charge in [0.2, 0.25) is 5.95 Å². The van der Waals surface area contributed by atoms with Gasteiger partial charge in [-0.05, 0) is 43.4 Å². The summed E-state index contributed by atoms with van der Waals surface area (Å²) in [5.41, 5.74) is 2.80. The molecule has 1 saturated heterocycles. The zero-order valence-electron chi connectivity index (χ0n) is 17.8. The highest BCUT2D eigenvalue weighted by atomic mass is 15.2. The summed E-state index contributed by atoms with van der Waals surface area (Å²) in [5, 5.41) is 9.68. The lowest BCUT2D eigenvalue weighted by atomic mass is 10.2. The van der Waals surface area contributed by atoms with Crippen molar-refractivity contribution in [2.75, 3.05) is 49.5 Å².